The Morgan fingerprint density at radius 1 is 0.323 bits per heavy atom. The van der Waals surface area contributed by atoms with Crippen LogP contribution in [0.1, 0.15) is 0 Å². The van der Waals surface area contributed by atoms with E-state index < -0.39 is 7.29 Å². The molecule has 0 spiro atoms. The molecule has 3 heterocycles. The van der Waals surface area contributed by atoms with E-state index in [0.717, 1.165) is 67.1 Å². The Labute approximate surface area is 378 Å². The number of hydrogen-bond donors (Lipinski definition) is 0. The maximum absolute atomic E-state index is 17.0. The summed E-state index contributed by atoms with van der Waals surface area (Å²) in [7, 11) is -3.89. The normalized spacial score (nSPS) is 11.4. The monoisotopic (exact) mass is 855 g/mol. The molecule has 0 radical (unpaired) electrons. The van der Waals surface area contributed by atoms with Crippen molar-refractivity contribution in [2.45, 2.75) is 0 Å². The van der Waals surface area contributed by atoms with E-state index in [-0.39, 0.29) is 0 Å². The minimum Gasteiger partial charge on any atom is -0.310 e. The van der Waals surface area contributed by atoms with Gasteiger partial charge < -0.3 is 9.80 Å². The highest BCUT2D eigenvalue weighted by atomic mass is 31.2. The minimum atomic E-state index is -3.89. The predicted molar refractivity (Wildman–Crippen MR) is 270 cm³/mol. The molecule has 6 nitrogen and oxygen atoms in total. The summed E-state index contributed by atoms with van der Waals surface area (Å²) in [5.74, 6) is 0. The molecule has 11 rings (SSSR count). The van der Waals surface area contributed by atoms with Crippen LogP contribution in [0.5, 0.6) is 0 Å². The van der Waals surface area contributed by atoms with Crippen molar-refractivity contribution in [1.29, 1.82) is 0 Å². The van der Waals surface area contributed by atoms with Gasteiger partial charge in [-0.15, -0.1) is 0 Å². The summed E-state index contributed by atoms with van der Waals surface area (Å²) in [5, 5.41) is 2.03. The second-order valence-corrected chi connectivity index (χ2v) is 18.3. The highest BCUT2D eigenvalue weighted by Gasteiger charge is 2.36. The van der Waals surface area contributed by atoms with Gasteiger partial charge in [0, 0.05) is 56.0 Å². The molecule has 0 aliphatic heterocycles. The van der Waals surface area contributed by atoms with Gasteiger partial charge >= 0.3 is 0 Å². The van der Waals surface area contributed by atoms with Gasteiger partial charge in [-0.3, -0.25) is 8.90 Å². The molecular weight excluding hydrogens is 814 g/mol. The average Bonchev–Trinajstić information content (AvgIpc) is 3.73. The van der Waals surface area contributed by atoms with Crippen molar-refractivity contribution < 1.29 is 4.57 Å². The summed E-state index contributed by atoms with van der Waals surface area (Å²) in [6.07, 6.45) is 0. The van der Waals surface area contributed by atoms with Crippen LogP contribution in [0.15, 0.2) is 255 Å². The van der Waals surface area contributed by atoms with E-state index in [1.54, 1.807) is 0 Å². The molecule has 0 saturated carbocycles. The Morgan fingerprint density at radius 2 is 0.646 bits per heavy atom. The van der Waals surface area contributed by atoms with Gasteiger partial charge in [-0.2, -0.15) is 0 Å². The largest absolute Gasteiger partial charge is 0.310 e. The summed E-state index contributed by atoms with van der Waals surface area (Å²) in [6.45, 7) is 0. The molecule has 0 aliphatic rings. The Hall–Kier alpha value is -8.31. The van der Waals surface area contributed by atoms with Crippen LogP contribution in [-0.2, 0) is 4.57 Å². The maximum atomic E-state index is 17.0. The molecule has 0 aliphatic carbocycles. The van der Waals surface area contributed by atoms with Crippen LogP contribution in [0, 0.1) is 0 Å². The van der Waals surface area contributed by atoms with Gasteiger partial charge in [-0.25, -0.2) is 9.97 Å². The third kappa shape index (κ3) is 7.36. The second-order valence-electron chi connectivity index (χ2n) is 15.8. The molecule has 0 N–H and O–H groups in total. The van der Waals surface area contributed by atoms with E-state index >= 15 is 4.57 Å². The quantitative estimate of drug-likeness (QED) is 0.121. The van der Waals surface area contributed by atoms with Gasteiger partial charge in [0.05, 0.1) is 22.4 Å². The Balaban J connectivity index is 1.08. The number of benzene rings is 8. The van der Waals surface area contributed by atoms with Crippen molar-refractivity contribution in [1.82, 2.24) is 14.3 Å². The molecule has 0 fully saturated rings. The zero-order chi connectivity index (χ0) is 43.6. The highest BCUT2D eigenvalue weighted by molar-refractivity contribution is 7.77. The lowest BCUT2D eigenvalue weighted by Gasteiger charge is -2.26. The third-order valence-electron chi connectivity index (χ3n) is 11.8. The lowest BCUT2D eigenvalue weighted by molar-refractivity contribution is 0.582. The van der Waals surface area contributed by atoms with Gasteiger partial charge in [0.2, 0.25) is 0 Å². The van der Waals surface area contributed by atoms with Crippen LogP contribution in [0.25, 0.3) is 44.3 Å². The molecular formula is C58H42N5OP. The fourth-order valence-electron chi connectivity index (χ4n) is 8.84. The van der Waals surface area contributed by atoms with Gasteiger partial charge in [-0.05, 0) is 109 Å². The van der Waals surface area contributed by atoms with Gasteiger partial charge in [0.25, 0.3) is 7.29 Å². The number of hydrogen-bond acceptors (Lipinski definition) is 5. The van der Waals surface area contributed by atoms with E-state index in [1.807, 2.05) is 101 Å². The molecule has 0 amide bonds. The second kappa shape index (κ2) is 17.1. The van der Waals surface area contributed by atoms with Crippen LogP contribution >= 0.6 is 7.29 Å². The number of rotatable bonds is 11. The maximum Gasteiger partial charge on any atom is 0.269 e. The molecule has 7 heteroatoms. The third-order valence-corrected chi connectivity index (χ3v) is 14.5. The number of aromatic nitrogens is 3. The fraction of sp³-hybridized carbons (Fsp3) is 0. The van der Waals surface area contributed by atoms with Crippen molar-refractivity contribution in [3.05, 3.63) is 255 Å². The molecule has 3 aromatic heterocycles. The summed E-state index contributed by atoms with van der Waals surface area (Å²) >= 11 is 0. The molecule has 0 saturated heterocycles. The fourth-order valence-corrected chi connectivity index (χ4v) is 11.5. The van der Waals surface area contributed by atoms with Crippen LogP contribution in [0.3, 0.4) is 0 Å². The molecule has 310 valence electrons. The van der Waals surface area contributed by atoms with Crippen molar-refractivity contribution in [3.8, 4) is 22.5 Å². The first-order chi connectivity index (χ1) is 32.1. The average molecular weight is 856 g/mol. The zero-order valence-electron chi connectivity index (χ0n) is 35.3. The van der Waals surface area contributed by atoms with Crippen molar-refractivity contribution in [2.75, 3.05) is 9.80 Å². The van der Waals surface area contributed by atoms with E-state index in [2.05, 4.69) is 168 Å². The zero-order valence-corrected chi connectivity index (χ0v) is 36.2. The van der Waals surface area contributed by atoms with E-state index in [9.17, 15) is 0 Å². The molecule has 0 bridgehead atoms. The van der Waals surface area contributed by atoms with Crippen LogP contribution < -0.4 is 20.7 Å². The van der Waals surface area contributed by atoms with Crippen LogP contribution in [0.4, 0.5) is 34.1 Å². The number of para-hydroxylation sites is 6. The minimum absolute atomic E-state index is 0.438. The predicted octanol–water partition coefficient (Wildman–Crippen LogP) is 14.6. The van der Waals surface area contributed by atoms with Gasteiger partial charge in [-0.1, -0.05) is 146 Å². The van der Waals surface area contributed by atoms with Crippen molar-refractivity contribution in [3.63, 3.8) is 0 Å². The molecule has 0 atom stereocenters. The summed E-state index contributed by atoms with van der Waals surface area (Å²) in [6, 6.07) is 86.3. The Kier molecular flexibility index (Phi) is 10.4. The van der Waals surface area contributed by atoms with E-state index in [4.69, 9.17) is 9.97 Å². The standard InChI is InChI=1S/C58H42N5OP/c64-65(63-55-37-15-13-33-51(55)52-34-14-16-38-56(52)63,57-39-19-35-53(59-57)43-21-17-31-49(41-43)61(45-23-5-1-6-24-45)46-25-7-2-8-26-46)58-40-20-36-54(60-58)44-22-18-32-50(42-44)62(47-27-9-3-10-28-47)48-29-11-4-12-30-48/h1-42H. The number of fused-ring (bicyclic) bond motifs is 3. The number of anilines is 6. The van der Waals surface area contributed by atoms with Gasteiger partial charge in [0.15, 0.2) is 0 Å². The lowest BCUT2D eigenvalue weighted by Crippen LogP contribution is -2.26. The van der Waals surface area contributed by atoms with Crippen LogP contribution in [0.2, 0.25) is 0 Å². The molecule has 11 aromatic rings. The first-order valence-electron chi connectivity index (χ1n) is 21.7. The Morgan fingerprint density at radius 3 is 1.03 bits per heavy atom. The number of pyridine rings is 2. The van der Waals surface area contributed by atoms with Gasteiger partial charge in [0.1, 0.15) is 10.9 Å². The van der Waals surface area contributed by atoms with Crippen molar-refractivity contribution >= 4 is 74.1 Å². The summed E-state index contributed by atoms with van der Waals surface area (Å²) in [4.78, 5) is 15.2. The molecule has 65 heavy (non-hydrogen) atoms. The first-order valence-corrected chi connectivity index (χ1v) is 23.4. The molecule has 8 aromatic carbocycles. The first kappa shape index (κ1) is 39.5. The van der Waals surface area contributed by atoms with E-state index in [0.29, 0.717) is 22.3 Å². The summed E-state index contributed by atoms with van der Waals surface area (Å²) < 4.78 is 19.0. The topological polar surface area (TPSA) is 54.3 Å². The SMILES string of the molecule is O=P(c1cccc(-c2cccc(N(c3ccccc3)c3ccccc3)c2)n1)(c1cccc(-c2cccc(N(c3ccccc3)c3ccccc3)c2)n1)n1c2ccccc2c2ccccc21. The van der Waals surface area contributed by atoms with Crippen LogP contribution in [-0.4, -0.2) is 14.3 Å². The number of nitrogens with zero attached hydrogens (tertiary/aromatic N) is 5. The summed E-state index contributed by atoms with van der Waals surface area (Å²) in [5.41, 5.74) is 11.9. The van der Waals surface area contributed by atoms with E-state index in [1.165, 1.54) is 0 Å². The molecule has 0 unspecified atom stereocenters. The highest BCUT2D eigenvalue weighted by Crippen LogP contribution is 2.51. The smallest absolute Gasteiger partial charge is 0.269 e. The lowest BCUT2D eigenvalue weighted by atomic mass is 10.1. The van der Waals surface area contributed by atoms with Crippen molar-refractivity contribution in [2.24, 2.45) is 0 Å². The Bertz CT molecular complexity index is 3180.